The molecule has 0 bridgehead atoms. The fourth-order valence-corrected chi connectivity index (χ4v) is 4.53. The Balaban J connectivity index is 1.74. The molecule has 2 heterocycles. The Bertz CT molecular complexity index is 1130. The molecule has 1 saturated heterocycles. The van der Waals surface area contributed by atoms with Crippen molar-refractivity contribution in [1.29, 1.82) is 0 Å². The Hall–Kier alpha value is -3.12. The first-order valence-corrected chi connectivity index (χ1v) is 11.3. The van der Waals surface area contributed by atoms with E-state index in [1.54, 1.807) is 18.2 Å². The third-order valence-corrected chi connectivity index (χ3v) is 6.07. The number of rotatable bonds is 8. The molecule has 1 N–H and O–H groups in total. The van der Waals surface area contributed by atoms with Crippen molar-refractivity contribution in [3.8, 4) is 5.75 Å². The number of nitrogens with zero attached hydrogens (tertiary/aromatic N) is 3. The van der Waals surface area contributed by atoms with Gasteiger partial charge in [0.1, 0.15) is 11.3 Å². The van der Waals surface area contributed by atoms with Crippen LogP contribution < -0.4 is 5.63 Å². The van der Waals surface area contributed by atoms with E-state index >= 15 is 0 Å². The van der Waals surface area contributed by atoms with E-state index in [2.05, 4.69) is 4.90 Å². The molecule has 4 rings (SSSR count). The molecule has 2 aromatic carbocycles. The van der Waals surface area contributed by atoms with Gasteiger partial charge in [0.05, 0.1) is 10.9 Å². The monoisotopic (exact) mass is 433 g/mol. The molecular formula is C26H31N3O3. The van der Waals surface area contributed by atoms with Crippen LogP contribution >= 0.6 is 0 Å². The van der Waals surface area contributed by atoms with Crippen LogP contribution in [-0.2, 0) is 0 Å². The topological polar surface area (TPSA) is 69.3 Å². The van der Waals surface area contributed by atoms with E-state index in [-0.39, 0.29) is 11.7 Å². The molecule has 0 unspecified atom stereocenters. The fourth-order valence-electron chi connectivity index (χ4n) is 4.53. The molecule has 0 saturated carbocycles. The zero-order valence-electron chi connectivity index (χ0n) is 18.8. The minimum absolute atomic E-state index is 0.00514. The summed E-state index contributed by atoms with van der Waals surface area (Å²) in [6.07, 6.45) is 3.85. The van der Waals surface area contributed by atoms with Gasteiger partial charge >= 0.3 is 5.63 Å². The van der Waals surface area contributed by atoms with Crippen LogP contribution in [0.3, 0.4) is 0 Å². The van der Waals surface area contributed by atoms with Crippen molar-refractivity contribution in [1.82, 2.24) is 9.91 Å². The summed E-state index contributed by atoms with van der Waals surface area (Å²) in [7, 11) is 3.82. The molecule has 1 aliphatic heterocycles. The third kappa shape index (κ3) is 5.02. The van der Waals surface area contributed by atoms with E-state index in [1.165, 1.54) is 12.8 Å². The van der Waals surface area contributed by atoms with E-state index < -0.39 is 5.63 Å². The second-order valence-electron chi connectivity index (χ2n) is 8.63. The van der Waals surface area contributed by atoms with Gasteiger partial charge in [0.15, 0.2) is 0 Å². The first-order chi connectivity index (χ1) is 15.5. The number of likely N-dealkylation sites (tertiary alicyclic amines) is 1. The zero-order chi connectivity index (χ0) is 22.5. The highest BCUT2D eigenvalue weighted by molar-refractivity contribution is 5.87. The summed E-state index contributed by atoms with van der Waals surface area (Å²) in [6.45, 7) is 3.21. The van der Waals surface area contributed by atoms with Crippen molar-refractivity contribution in [3.63, 3.8) is 0 Å². The highest BCUT2D eigenvalue weighted by Gasteiger charge is 2.26. The molecule has 1 atom stereocenters. The molecule has 1 fully saturated rings. The number of fused-ring (bicyclic) bond motifs is 1. The highest BCUT2D eigenvalue weighted by atomic mass is 16.4. The predicted octanol–water partition coefficient (Wildman–Crippen LogP) is 4.42. The molecule has 3 aromatic rings. The highest BCUT2D eigenvalue weighted by Crippen LogP contribution is 2.36. The van der Waals surface area contributed by atoms with Gasteiger partial charge in [-0.2, -0.15) is 5.10 Å². The van der Waals surface area contributed by atoms with E-state index in [0.29, 0.717) is 23.0 Å². The molecule has 6 heteroatoms. The number of hydrazone groups is 1. The minimum Gasteiger partial charge on any atom is -0.507 e. The number of para-hydroxylation sites is 1. The Morgan fingerprint density at radius 1 is 1.09 bits per heavy atom. The van der Waals surface area contributed by atoms with Crippen molar-refractivity contribution >= 4 is 16.7 Å². The first kappa shape index (κ1) is 22.1. The van der Waals surface area contributed by atoms with Gasteiger partial charge in [-0.1, -0.05) is 42.5 Å². The van der Waals surface area contributed by atoms with E-state index in [0.717, 1.165) is 37.3 Å². The lowest BCUT2D eigenvalue weighted by molar-refractivity contribution is 0.346. The van der Waals surface area contributed by atoms with Gasteiger partial charge in [0.25, 0.3) is 0 Å². The maximum atomic E-state index is 13.1. The largest absolute Gasteiger partial charge is 0.507 e. The number of benzene rings is 2. The number of aromatic hydroxyl groups is 1. The molecule has 0 spiro atoms. The van der Waals surface area contributed by atoms with Gasteiger partial charge in [0.2, 0.25) is 0 Å². The third-order valence-electron chi connectivity index (χ3n) is 6.07. The Kier molecular flexibility index (Phi) is 6.90. The summed E-state index contributed by atoms with van der Waals surface area (Å²) in [5.41, 5.74) is 2.14. The van der Waals surface area contributed by atoms with Crippen LogP contribution in [0, 0.1) is 0 Å². The van der Waals surface area contributed by atoms with E-state index in [4.69, 9.17) is 9.52 Å². The number of hydrogen-bond donors (Lipinski definition) is 1. The normalized spacial score (nSPS) is 15.9. The summed E-state index contributed by atoms with van der Waals surface area (Å²) >= 11 is 0. The SMILES string of the molecule is CN(C)/N=C(/CCN1CCCC1)C[C@@H](c1ccccc1)c1c(O)c2ccccc2oc1=O. The van der Waals surface area contributed by atoms with Crippen LogP contribution in [0.4, 0.5) is 0 Å². The van der Waals surface area contributed by atoms with E-state index in [1.807, 2.05) is 55.5 Å². The maximum Gasteiger partial charge on any atom is 0.343 e. The quantitative estimate of drug-likeness (QED) is 0.323. The predicted molar refractivity (Wildman–Crippen MR) is 128 cm³/mol. The second-order valence-corrected chi connectivity index (χ2v) is 8.63. The van der Waals surface area contributed by atoms with Crippen LogP contribution in [0.2, 0.25) is 0 Å². The van der Waals surface area contributed by atoms with Crippen LogP contribution in [0.5, 0.6) is 5.75 Å². The molecule has 0 aliphatic carbocycles. The average molecular weight is 434 g/mol. The molecule has 0 radical (unpaired) electrons. The van der Waals surface area contributed by atoms with Crippen LogP contribution in [0.1, 0.15) is 42.7 Å². The Morgan fingerprint density at radius 2 is 1.78 bits per heavy atom. The summed E-state index contributed by atoms with van der Waals surface area (Å²) < 4.78 is 5.61. The summed E-state index contributed by atoms with van der Waals surface area (Å²) in [6, 6.07) is 16.9. The van der Waals surface area contributed by atoms with Gasteiger partial charge in [-0.25, -0.2) is 4.79 Å². The van der Waals surface area contributed by atoms with Gasteiger partial charge in [-0.15, -0.1) is 0 Å². The van der Waals surface area contributed by atoms with Gasteiger partial charge < -0.3 is 19.4 Å². The summed E-state index contributed by atoms with van der Waals surface area (Å²) in [5.74, 6) is -0.358. The number of hydrogen-bond acceptors (Lipinski definition) is 6. The smallest absolute Gasteiger partial charge is 0.343 e. The van der Waals surface area contributed by atoms with Crippen molar-refractivity contribution < 1.29 is 9.52 Å². The van der Waals surface area contributed by atoms with Crippen LogP contribution in [0.25, 0.3) is 11.0 Å². The lowest BCUT2D eigenvalue weighted by Crippen LogP contribution is -2.25. The van der Waals surface area contributed by atoms with Gasteiger partial charge in [0, 0.05) is 38.7 Å². The molecular weight excluding hydrogens is 402 g/mol. The molecule has 6 nitrogen and oxygen atoms in total. The average Bonchev–Trinajstić information content (AvgIpc) is 3.30. The first-order valence-electron chi connectivity index (χ1n) is 11.3. The lowest BCUT2D eigenvalue weighted by atomic mass is 9.86. The zero-order valence-corrected chi connectivity index (χ0v) is 18.8. The Morgan fingerprint density at radius 3 is 2.50 bits per heavy atom. The standard InChI is InChI=1S/C26H31N3O3/c1-28(2)27-20(14-17-29-15-8-9-16-29)18-22(19-10-4-3-5-11-19)24-25(30)21-12-6-7-13-23(21)32-26(24)31/h3-7,10-13,22,30H,8-9,14-18H2,1-2H3/b27-20-/t22-/m0/s1. The second kappa shape index (κ2) is 10.0. The van der Waals surface area contributed by atoms with E-state index in [9.17, 15) is 9.90 Å². The van der Waals surface area contributed by atoms with Gasteiger partial charge in [-0.05, 0) is 50.0 Å². The molecule has 0 amide bonds. The maximum absolute atomic E-state index is 13.1. The van der Waals surface area contributed by atoms with Gasteiger partial charge in [-0.3, -0.25) is 0 Å². The lowest BCUT2D eigenvalue weighted by Gasteiger charge is -2.22. The van der Waals surface area contributed by atoms with Crippen molar-refractivity contribution in [2.45, 2.75) is 31.6 Å². The van der Waals surface area contributed by atoms with Crippen LogP contribution in [-0.4, -0.2) is 54.5 Å². The van der Waals surface area contributed by atoms with Crippen molar-refractivity contribution in [2.75, 3.05) is 33.7 Å². The van der Waals surface area contributed by atoms with Crippen molar-refractivity contribution in [2.24, 2.45) is 5.10 Å². The molecule has 1 aliphatic rings. The Labute approximate surface area is 188 Å². The van der Waals surface area contributed by atoms with Crippen LogP contribution in [0.15, 0.2) is 68.9 Å². The minimum atomic E-state index is -0.501. The molecule has 168 valence electrons. The molecule has 32 heavy (non-hydrogen) atoms. The molecule has 1 aromatic heterocycles. The van der Waals surface area contributed by atoms with Crippen molar-refractivity contribution in [3.05, 3.63) is 76.1 Å². The summed E-state index contributed by atoms with van der Waals surface area (Å²) in [4.78, 5) is 15.5. The summed E-state index contributed by atoms with van der Waals surface area (Å²) in [5, 5.41) is 18.3. The fraction of sp³-hybridized carbons (Fsp3) is 0.385.